The van der Waals surface area contributed by atoms with E-state index in [1.54, 1.807) is 11.0 Å². The molecule has 6 heteroatoms. The first-order valence-corrected chi connectivity index (χ1v) is 10.7. The van der Waals surface area contributed by atoms with E-state index in [2.05, 4.69) is 45.2 Å². The second-order valence-electron chi connectivity index (χ2n) is 5.46. The third-order valence-corrected chi connectivity index (χ3v) is 6.76. The third kappa shape index (κ3) is 4.17. The molecule has 3 rings (SSSR count). The number of benzene rings is 1. The number of allylic oxidation sites excluding steroid dienone is 7. The van der Waals surface area contributed by atoms with E-state index in [4.69, 9.17) is 24.4 Å². The first-order valence-electron chi connectivity index (χ1n) is 7.56. The van der Waals surface area contributed by atoms with Gasteiger partial charge in [0.1, 0.15) is 0 Å². The van der Waals surface area contributed by atoms with Crippen molar-refractivity contribution in [3.05, 3.63) is 75.6 Å². The summed E-state index contributed by atoms with van der Waals surface area (Å²) >= 11 is 15.6. The van der Waals surface area contributed by atoms with Gasteiger partial charge in [0.2, 0.25) is 0 Å². The van der Waals surface area contributed by atoms with Crippen LogP contribution < -0.4 is 4.90 Å². The molecule has 0 saturated heterocycles. The van der Waals surface area contributed by atoms with Crippen LogP contribution in [-0.2, 0) is 4.79 Å². The van der Waals surface area contributed by atoms with Gasteiger partial charge in [0.25, 0.3) is 5.91 Å². The topological polar surface area (TPSA) is 20.3 Å². The van der Waals surface area contributed by atoms with Crippen LogP contribution in [0.3, 0.4) is 0 Å². The highest BCUT2D eigenvalue weighted by Gasteiger charge is 2.30. The quantitative estimate of drug-likeness (QED) is 0.264. The highest BCUT2D eigenvalue weighted by Crippen LogP contribution is 2.29. The van der Waals surface area contributed by atoms with Gasteiger partial charge in [-0.25, -0.2) is 0 Å². The molecule has 0 heterocycles. The second-order valence-corrected chi connectivity index (χ2v) is 8.98. The largest absolute Gasteiger partial charge is 0.276 e. The summed E-state index contributed by atoms with van der Waals surface area (Å²) in [5.74, 6) is -0.135. The molecule has 1 amide bonds. The SMILES string of the molecule is O=C(C1=CC=CCC1=S)N(C1=CC=CC(I)C1=S)c1cccc(I)c1. The highest BCUT2D eigenvalue weighted by atomic mass is 127. The Hall–Kier alpha value is -0.710. The Balaban J connectivity index is 2.11. The molecule has 0 aliphatic heterocycles. The van der Waals surface area contributed by atoms with Gasteiger partial charge in [0.15, 0.2) is 0 Å². The van der Waals surface area contributed by atoms with Crippen molar-refractivity contribution < 1.29 is 4.79 Å². The fourth-order valence-corrected chi connectivity index (χ4v) is 4.15. The van der Waals surface area contributed by atoms with Crippen LogP contribution in [0.2, 0.25) is 0 Å². The zero-order valence-electron chi connectivity index (χ0n) is 13.0. The number of rotatable bonds is 3. The average molecular weight is 589 g/mol. The standard InChI is InChI=1S/C19H13I2NOS2/c20-12-5-3-6-13(11-12)22(16-9-4-8-15(21)18(16)25)19(23)14-7-1-2-10-17(14)24/h1-9,11,15H,10H2. The van der Waals surface area contributed by atoms with Crippen molar-refractivity contribution in [2.24, 2.45) is 0 Å². The molecule has 0 N–H and O–H groups in total. The number of thiocarbonyl (C=S) groups is 2. The maximum absolute atomic E-state index is 13.4. The molecule has 1 aromatic rings. The van der Waals surface area contributed by atoms with E-state index in [1.807, 2.05) is 54.6 Å². The first kappa shape index (κ1) is 19.1. The first-order chi connectivity index (χ1) is 12.0. The number of carbonyl (C=O) groups excluding carboxylic acids is 1. The number of amides is 1. The van der Waals surface area contributed by atoms with Crippen LogP contribution in [-0.4, -0.2) is 19.6 Å². The minimum absolute atomic E-state index is 0.0814. The molecule has 25 heavy (non-hydrogen) atoms. The molecule has 0 aromatic heterocycles. The summed E-state index contributed by atoms with van der Waals surface area (Å²) in [6, 6.07) is 7.83. The molecule has 0 spiro atoms. The van der Waals surface area contributed by atoms with Crippen LogP contribution in [0.1, 0.15) is 6.42 Å². The van der Waals surface area contributed by atoms with E-state index in [0.29, 0.717) is 16.9 Å². The van der Waals surface area contributed by atoms with Crippen LogP contribution in [0.4, 0.5) is 5.69 Å². The number of halogens is 2. The van der Waals surface area contributed by atoms with Gasteiger partial charge in [-0.15, -0.1) is 0 Å². The molecule has 1 aromatic carbocycles. The maximum Gasteiger partial charge on any atom is 0.264 e. The van der Waals surface area contributed by atoms with E-state index < -0.39 is 0 Å². The predicted octanol–water partition coefficient (Wildman–Crippen LogP) is 5.51. The fraction of sp³-hybridized carbons (Fsp3) is 0.105. The summed E-state index contributed by atoms with van der Waals surface area (Å²) in [7, 11) is 0. The van der Waals surface area contributed by atoms with Crippen molar-refractivity contribution in [3.63, 3.8) is 0 Å². The normalized spacial score (nSPS) is 19.5. The van der Waals surface area contributed by atoms with Crippen molar-refractivity contribution >= 4 is 90.9 Å². The van der Waals surface area contributed by atoms with Gasteiger partial charge in [-0.2, -0.15) is 0 Å². The van der Waals surface area contributed by atoms with Gasteiger partial charge < -0.3 is 0 Å². The lowest BCUT2D eigenvalue weighted by atomic mass is 10.0. The third-order valence-electron chi connectivity index (χ3n) is 3.78. The Labute approximate surface area is 185 Å². The Bertz CT molecular complexity index is 883. The molecule has 2 aliphatic rings. The lowest BCUT2D eigenvalue weighted by molar-refractivity contribution is -0.114. The maximum atomic E-state index is 13.4. The zero-order valence-corrected chi connectivity index (χ0v) is 18.9. The molecule has 0 saturated carbocycles. The molecule has 1 atom stereocenters. The molecule has 2 nitrogen and oxygen atoms in total. The van der Waals surface area contributed by atoms with E-state index in [-0.39, 0.29) is 9.83 Å². The van der Waals surface area contributed by atoms with E-state index >= 15 is 0 Å². The lowest BCUT2D eigenvalue weighted by Gasteiger charge is -2.30. The smallest absolute Gasteiger partial charge is 0.264 e. The van der Waals surface area contributed by atoms with Gasteiger partial charge in [-0.3, -0.25) is 9.69 Å². The average Bonchev–Trinajstić information content (AvgIpc) is 2.59. The van der Waals surface area contributed by atoms with Crippen molar-refractivity contribution in [2.45, 2.75) is 10.3 Å². The number of anilines is 1. The molecule has 1 unspecified atom stereocenters. The zero-order chi connectivity index (χ0) is 18.0. The summed E-state index contributed by atoms with van der Waals surface area (Å²) in [5, 5.41) is 0. The molecule has 0 radical (unpaired) electrons. The summed E-state index contributed by atoms with van der Waals surface area (Å²) in [6.45, 7) is 0. The molecular weight excluding hydrogens is 576 g/mol. The van der Waals surface area contributed by atoms with Gasteiger partial charge in [0, 0.05) is 14.9 Å². The monoisotopic (exact) mass is 589 g/mol. The fourth-order valence-electron chi connectivity index (χ4n) is 2.57. The Morgan fingerprint density at radius 3 is 2.72 bits per heavy atom. The van der Waals surface area contributed by atoms with Crippen LogP contribution in [0, 0.1) is 3.57 Å². The number of alkyl halides is 1. The minimum atomic E-state index is -0.135. The van der Waals surface area contributed by atoms with E-state index in [9.17, 15) is 4.79 Å². The van der Waals surface area contributed by atoms with Gasteiger partial charge in [0.05, 0.1) is 25.7 Å². The summed E-state index contributed by atoms with van der Waals surface area (Å²) in [5.41, 5.74) is 2.09. The Morgan fingerprint density at radius 1 is 1.20 bits per heavy atom. The molecule has 2 aliphatic carbocycles. The number of carbonyl (C=O) groups is 1. The van der Waals surface area contributed by atoms with Gasteiger partial charge >= 0.3 is 0 Å². The second kappa shape index (κ2) is 8.32. The lowest BCUT2D eigenvalue weighted by Crippen LogP contribution is -2.38. The number of hydrogen-bond donors (Lipinski definition) is 0. The van der Waals surface area contributed by atoms with Crippen molar-refractivity contribution in [1.29, 1.82) is 0 Å². The van der Waals surface area contributed by atoms with Crippen molar-refractivity contribution in [1.82, 2.24) is 0 Å². The minimum Gasteiger partial charge on any atom is -0.276 e. The van der Waals surface area contributed by atoms with Gasteiger partial charge in [-0.1, -0.05) is 77.4 Å². The van der Waals surface area contributed by atoms with E-state index in [0.717, 1.165) is 19.8 Å². The summed E-state index contributed by atoms with van der Waals surface area (Å²) < 4.78 is 1.13. The highest BCUT2D eigenvalue weighted by molar-refractivity contribution is 14.1. The van der Waals surface area contributed by atoms with Crippen LogP contribution in [0.15, 0.2) is 72.0 Å². The van der Waals surface area contributed by atoms with Crippen LogP contribution in [0.25, 0.3) is 0 Å². The molecular formula is C19H13I2NOS2. The predicted molar refractivity (Wildman–Crippen MR) is 129 cm³/mol. The Kier molecular flexibility index (Phi) is 6.35. The summed E-state index contributed by atoms with van der Waals surface area (Å²) in [6.07, 6.45) is 12.1. The van der Waals surface area contributed by atoms with Crippen LogP contribution in [0.5, 0.6) is 0 Å². The van der Waals surface area contributed by atoms with Crippen molar-refractivity contribution in [2.75, 3.05) is 4.90 Å². The van der Waals surface area contributed by atoms with E-state index in [1.165, 1.54) is 0 Å². The van der Waals surface area contributed by atoms with Crippen molar-refractivity contribution in [3.8, 4) is 0 Å². The molecule has 0 bridgehead atoms. The number of hydrogen-bond acceptors (Lipinski definition) is 3. The van der Waals surface area contributed by atoms with Gasteiger partial charge in [-0.05, 0) is 52.9 Å². The molecule has 126 valence electrons. The number of nitrogens with zero attached hydrogens (tertiary/aromatic N) is 1. The van der Waals surface area contributed by atoms with Crippen LogP contribution >= 0.6 is 69.6 Å². The summed E-state index contributed by atoms with van der Waals surface area (Å²) in [4.78, 5) is 16.5. The Morgan fingerprint density at radius 2 is 2.00 bits per heavy atom. The molecule has 0 fully saturated rings.